The maximum atomic E-state index is 13.4. The molecule has 2 radical (unpaired) electrons. The van der Waals surface area contributed by atoms with Crippen LogP contribution in [0.15, 0.2) is 66.7 Å². The minimum Gasteiger partial charge on any atom is -0.494 e. The van der Waals surface area contributed by atoms with Crippen LogP contribution in [0.2, 0.25) is 6.32 Å². The van der Waals surface area contributed by atoms with Crippen LogP contribution < -0.4 is 14.8 Å². The molecule has 0 spiro atoms. The minimum absolute atomic E-state index is 0.00428. The Morgan fingerprint density at radius 2 is 1.85 bits per heavy atom. The molecule has 1 heterocycles. The van der Waals surface area contributed by atoms with Crippen molar-refractivity contribution >= 4 is 19.4 Å². The Morgan fingerprint density at radius 1 is 1.03 bits per heavy atom. The van der Waals surface area contributed by atoms with E-state index in [9.17, 15) is 4.79 Å². The van der Waals surface area contributed by atoms with Crippen molar-refractivity contribution in [2.45, 2.75) is 32.2 Å². The molecule has 0 aliphatic carbocycles. The largest absolute Gasteiger partial charge is 0.494 e. The fraction of sp³-hybridized carbons (Fsp3) is 0.296. The highest BCUT2D eigenvalue weighted by atomic mass is 16.6. The van der Waals surface area contributed by atoms with E-state index in [1.54, 1.807) is 18.2 Å². The van der Waals surface area contributed by atoms with E-state index in [0.29, 0.717) is 43.2 Å². The van der Waals surface area contributed by atoms with Gasteiger partial charge < -0.3 is 19.5 Å². The summed E-state index contributed by atoms with van der Waals surface area (Å²) in [6, 6.07) is 21.4. The Labute approximate surface area is 196 Å². The van der Waals surface area contributed by atoms with E-state index in [4.69, 9.17) is 22.1 Å². The third-order valence-corrected chi connectivity index (χ3v) is 5.43. The maximum absolute atomic E-state index is 13.4. The number of hydrogen-bond acceptors (Lipinski definition) is 4. The van der Waals surface area contributed by atoms with E-state index in [1.165, 1.54) is 0 Å². The lowest BCUT2D eigenvalue weighted by Crippen LogP contribution is -2.15. The zero-order valence-electron chi connectivity index (χ0n) is 18.9. The second-order valence-corrected chi connectivity index (χ2v) is 7.94. The first-order valence-electron chi connectivity index (χ1n) is 11.4. The Kier molecular flexibility index (Phi) is 7.68. The van der Waals surface area contributed by atoms with E-state index < -0.39 is 0 Å². The summed E-state index contributed by atoms with van der Waals surface area (Å²) in [5.74, 6) is 0.855. The zero-order chi connectivity index (χ0) is 23.0. The number of epoxide rings is 1. The molecule has 3 aromatic rings. The predicted octanol–water partition coefficient (Wildman–Crippen LogP) is 5.82. The average molecular weight is 441 g/mol. The van der Waals surface area contributed by atoms with Crippen molar-refractivity contribution in [3.05, 3.63) is 77.9 Å². The van der Waals surface area contributed by atoms with E-state index in [0.717, 1.165) is 35.2 Å². The number of ether oxygens (including phenoxy) is 3. The van der Waals surface area contributed by atoms with Gasteiger partial charge in [0.1, 0.15) is 17.6 Å². The molecule has 0 aromatic heterocycles. The van der Waals surface area contributed by atoms with Crippen molar-refractivity contribution in [2.24, 2.45) is 0 Å². The summed E-state index contributed by atoms with van der Waals surface area (Å²) >= 11 is 0. The molecular formula is C27H28BNO4. The lowest BCUT2D eigenvalue weighted by Gasteiger charge is -2.16. The summed E-state index contributed by atoms with van der Waals surface area (Å²) in [7, 11) is 5.56. The van der Waals surface area contributed by atoms with E-state index >= 15 is 0 Å². The first kappa shape index (κ1) is 22.9. The molecule has 1 atom stereocenters. The lowest BCUT2D eigenvalue weighted by molar-refractivity contribution is 0.102. The standard InChI is InChI=1S/C27H28BNO4/c1-2-3-14-32-25-12-10-21(31-15-13-28)17-23(25)27(30)29-24-16-20(19-7-5-4-6-8-19)9-11-22(24)26-18-33-26/h4-12,16-17,26H,2-3,13-15,18H2,1H3,(H,29,30)/t26-/m1/s1. The molecule has 1 N–H and O–H groups in total. The Hall–Kier alpha value is -3.25. The molecular weight excluding hydrogens is 413 g/mol. The molecule has 1 saturated heterocycles. The van der Waals surface area contributed by atoms with Crippen LogP contribution in [0.4, 0.5) is 5.69 Å². The van der Waals surface area contributed by atoms with Crippen LogP contribution in [-0.4, -0.2) is 33.6 Å². The molecule has 0 bridgehead atoms. The maximum Gasteiger partial charge on any atom is 0.259 e. The molecule has 1 aliphatic heterocycles. The first-order valence-corrected chi connectivity index (χ1v) is 11.4. The summed E-state index contributed by atoms with van der Waals surface area (Å²) in [6.07, 6.45) is 2.32. The van der Waals surface area contributed by atoms with Crippen molar-refractivity contribution < 1.29 is 19.0 Å². The van der Waals surface area contributed by atoms with Crippen molar-refractivity contribution in [2.75, 3.05) is 25.1 Å². The van der Waals surface area contributed by atoms with Gasteiger partial charge in [-0.15, -0.1) is 0 Å². The number of carbonyl (C=O) groups excluding carboxylic acids is 1. The van der Waals surface area contributed by atoms with Gasteiger partial charge in [0.2, 0.25) is 0 Å². The third-order valence-electron chi connectivity index (χ3n) is 5.43. The quantitative estimate of drug-likeness (QED) is 0.231. The highest BCUT2D eigenvalue weighted by Crippen LogP contribution is 2.38. The van der Waals surface area contributed by atoms with Crippen molar-refractivity contribution in [3.8, 4) is 22.6 Å². The normalized spacial score (nSPS) is 14.5. The number of hydrogen-bond donors (Lipinski definition) is 1. The van der Waals surface area contributed by atoms with Crippen molar-refractivity contribution in [1.29, 1.82) is 0 Å². The van der Waals surface area contributed by atoms with E-state index in [1.807, 2.05) is 42.5 Å². The topological polar surface area (TPSA) is 60.1 Å². The Balaban J connectivity index is 1.63. The molecule has 33 heavy (non-hydrogen) atoms. The minimum atomic E-state index is -0.258. The summed E-state index contributed by atoms with van der Waals surface area (Å²) < 4.78 is 17.1. The third kappa shape index (κ3) is 5.96. The van der Waals surface area contributed by atoms with Crippen LogP contribution in [0.5, 0.6) is 11.5 Å². The van der Waals surface area contributed by atoms with Gasteiger partial charge in [-0.05, 0) is 41.8 Å². The van der Waals surface area contributed by atoms with Crippen LogP contribution in [0.25, 0.3) is 11.1 Å². The number of carbonyl (C=O) groups is 1. The highest BCUT2D eigenvalue weighted by molar-refractivity contribution is 6.08. The number of amides is 1. The molecule has 168 valence electrons. The Morgan fingerprint density at radius 3 is 2.58 bits per heavy atom. The lowest BCUT2D eigenvalue weighted by atomic mass is 10.0. The molecule has 5 nitrogen and oxygen atoms in total. The first-order chi connectivity index (χ1) is 16.2. The van der Waals surface area contributed by atoms with Gasteiger partial charge in [0.05, 0.1) is 33.2 Å². The molecule has 0 unspecified atom stereocenters. The monoisotopic (exact) mass is 441 g/mol. The van der Waals surface area contributed by atoms with Gasteiger partial charge in [-0.2, -0.15) is 0 Å². The fourth-order valence-electron chi connectivity index (χ4n) is 3.58. The summed E-state index contributed by atoms with van der Waals surface area (Å²) in [5, 5.41) is 3.09. The molecule has 1 amide bonds. The van der Waals surface area contributed by atoms with Gasteiger partial charge in [-0.3, -0.25) is 4.79 Å². The second-order valence-electron chi connectivity index (χ2n) is 7.94. The van der Waals surface area contributed by atoms with Crippen LogP contribution in [0.3, 0.4) is 0 Å². The number of unbranched alkanes of at least 4 members (excludes halogenated alkanes) is 1. The molecule has 1 aliphatic rings. The molecule has 6 heteroatoms. The summed E-state index contributed by atoms with van der Waals surface area (Å²) in [5.41, 5.74) is 4.23. The second kappa shape index (κ2) is 11.1. The molecule has 4 rings (SSSR count). The van der Waals surface area contributed by atoms with Crippen molar-refractivity contribution in [1.82, 2.24) is 0 Å². The van der Waals surface area contributed by atoms with Gasteiger partial charge in [0.15, 0.2) is 0 Å². The molecule has 0 saturated carbocycles. The van der Waals surface area contributed by atoms with Gasteiger partial charge in [0, 0.05) is 11.3 Å². The van der Waals surface area contributed by atoms with Crippen LogP contribution in [0.1, 0.15) is 41.8 Å². The van der Waals surface area contributed by atoms with Crippen LogP contribution >= 0.6 is 0 Å². The van der Waals surface area contributed by atoms with Gasteiger partial charge >= 0.3 is 0 Å². The van der Waals surface area contributed by atoms with Crippen LogP contribution in [-0.2, 0) is 4.74 Å². The number of benzene rings is 3. The van der Waals surface area contributed by atoms with Crippen LogP contribution in [0, 0.1) is 0 Å². The van der Waals surface area contributed by atoms with Crippen molar-refractivity contribution in [3.63, 3.8) is 0 Å². The van der Waals surface area contributed by atoms with Gasteiger partial charge in [0.25, 0.3) is 5.91 Å². The summed E-state index contributed by atoms with van der Waals surface area (Å²) in [4.78, 5) is 13.4. The average Bonchev–Trinajstić information content (AvgIpc) is 3.69. The number of rotatable bonds is 11. The highest BCUT2D eigenvalue weighted by Gasteiger charge is 2.28. The van der Waals surface area contributed by atoms with E-state index in [2.05, 4.69) is 18.3 Å². The van der Waals surface area contributed by atoms with Gasteiger partial charge in [-0.25, -0.2) is 0 Å². The Bertz CT molecular complexity index is 1080. The number of nitrogens with one attached hydrogen (secondary N) is 1. The smallest absolute Gasteiger partial charge is 0.259 e. The number of anilines is 1. The fourth-order valence-corrected chi connectivity index (χ4v) is 3.58. The van der Waals surface area contributed by atoms with Gasteiger partial charge in [-0.1, -0.05) is 62.1 Å². The summed E-state index contributed by atoms with van der Waals surface area (Å²) in [6.45, 7) is 3.67. The predicted molar refractivity (Wildman–Crippen MR) is 131 cm³/mol. The molecule has 3 aromatic carbocycles. The molecule has 1 fully saturated rings. The zero-order valence-corrected chi connectivity index (χ0v) is 18.9. The van der Waals surface area contributed by atoms with E-state index in [-0.39, 0.29) is 12.0 Å². The SMILES string of the molecule is [B]CCOc1ccc(OCCCC)c(C(=O)Nc2cc(-c3ccccc3)ccc2[C@H]2CO2)c1.